The number of carbonyl (C=O) groups excluding carboxylic acids is 1. The second-order valence-corrected chi connectivity index (χ2v) is 7.15. The van der Waals surface area contributed by atoms with Crippen LogP contribution in [-0.2, 0) is 6.42 Å². The van der Waals surface area contributed by atoms with E-state index in [2.05, 4.69) is 31.3 Å². The molecule has 0 aliphatic carbocycles. The first kappa shape index (κ1) is 17.5. The van der Waals surface area contributed by atoms with E-state index in [4.69, 9.17) is 0 Å². The van der Waals surface area contributed by atoms with Crippen LogP contribution in [0.25, 0.3) is 0 Å². The minimum absolute atomic E-state index is 0.0212. The summed E-state index contributed by atoms with van der Waals surface area (Å²) in [6, 6.07) is 10.1. The monoisotopic (exact) mass is 292 g/mol. The molecule has 4 heteroatoms. The summed E-state index contributed by atoms with van der Waals surface area (Å²) in [5.74, 6) is 0. The number of benzene rings is 1. The lowest BCUT2D eigenvalue weighted by Crippen LogP contribution is -2.47. The molecule has 118 valence electrons. The van der Waals surface area contributed by atoms with Crippen molar-refractivity contribution in [3.8, 4) is 0 Å². The number of amides is 2. The quantitative estimate of drug-likeness (QED) is 0.847. The fourth-order valence-corrected chi connectivity index (χ4v) is 2.31. The molecule has 0 saturated carbocycles. The molecule has 0 saturated heterocycles. The fourth-order valence-electron chi connectivity index (χ4n) is 2.31. The Kier molecular flexibility index (Phi) is 5.78. The van der Waals surface area contributed by atoms with E-state index < -0.39 is 5.60 Å². The number of urea groups is 1. The van der Waals surface area contributed by atoms with Gasteiger partial charge >= 0.3 is 6.03 Å². The van der Waals surface area contributed by atoms with Crippen molar-refractivity contribution in [2.75, 3.05) is 20.1 Å². The van der Waals surface area contributed by atoms with Crippen LogP contribution in [0.15, 0.2) is 30.3 Å². The molecular formula is C17H28N2O2. The van der Waals surface area contributed by atoms with Gasteiger partial charge in [0.05, 0.1) is 12.1 Å². The highest BCUT2D eigenvalue weighted by Gasteiger charge is 2.23. The highest BCUT2D eigenvalue weighted by Crippen LogP contribution is 2.20. The summed E-state index contributed by atoms with van der Waals surface area (Å²) < 4.78 is 0. The minimum Gasteiger partial charge on any atom is -0.389 e. The molecule has 2 N–H and O–H groups in total. The molecule has 2 amide bonds. The molecule has 21 heavy (non-hydrogen) atoms. The van der Waals surface area contributed by atoms with Gasteiger partial charge in [-0.1, -0.05) is 44.2 Å². The van der Waals surface area contributed by atoms with Crippen molar-refractivity contribution < 1.29 is 9.90 Å². The van der Waals surface area contributed by atoms with Crippen molar-refractivity contribution in [1.29, 1.82) is 0 Å². The molecule has 0 aliphatic heterocycles. The third-order valence-electron chi connectivity index (χ3n) is 3.21. The summed E-state index contributed by atoms with van der Waals surface area (Å²) in [5, 5.41) is 12.7. The number of aliphatic hydroxyl groups is 1. The Balaban J connectivity index is 2.47. The van der Waals surface area contributed by atoms with Crippen LogP contribution in [0, 0.1) is 5.41 Å². The summed E-state index contributed by atoms with van der Waals surface area (Å²) in [7, 11) is 1.69. The molecule has 0 bridgehead atoms. The van der Waals surface area contributed by atoms with Gasteiger partial charge in [0.1, 0.15) is 0 Å². The van der Waals surface area contributed by atoms with Crippen LogP contribution in [0.5, 0.6) is 0 Å². The lowest BCUT2D eigenvalue weighted by Gasteiger charge is -2.29. The lowest BCUT2D eigenvalue weighted by molar-refractivity contribution is 0.0528. The second kappa shape index (κ2) is 6.94. The van der Waals surface area contributed by atoms with Crippen LogP contribution in [0.4, 0.5) is 4.79 Å². The van der Waals surface area contributed by atoms with Gasteiger partial charge in [0.25, 0.3) is 0 Å². The van der Waals surface area contributed by atoms with E-state index in [1.165, 1.54) is 10.5 Å². The van der Waals surface area contributed by atoms with Gasteiger partial charge in [-0.2, -0.15) is 0 Å². The first-order valence-corrected chi connectivity index (χ1v) is 7.34. The van der Waals surface area contributed by atoms with Crippen LogP contribution in [0.3, 0.4) is 0 Å². The standard InChI is InChI=1S/C17H28N2O2/c1-16(2,11-14-9-7-6-8-10-14)12-18-15(20)19(5)13-17(3,4)21/h6-10,21H,11-13H2,1-5H3,(H,18,20). The predicted molar refractivity (Wildman–Crippen MR) is 86.3 cm³/mol. The van der Waals surface area contributed by atoms with Crippen molar-refractivity contribution in [2.45, 2.75) is 39.7 Å². The molecule has 0 radical (unpaired) electrons. The maximum Gasteiger partial charge on any atom is 0.317 e. The van der Waals surface area contributed by atoms with E-state index in [-0.39, 0.29) is 11.4 Å². The predicted octanol–water partition coefficient (Wildman–Crippen LogP) is 2.67. The molecule has 0 spiro atoms. The highest BCUT2D eigenvalue weighted by molar-refractivity contribution is 5.73. The Hall–Kier alpha value is -1.55. The van der Waals surface area contributed by atoms with E-state index in [1.807, 2.05) is 18.2 Å². The maximum atomic E-state index is 12.0. The van der Waals surface area contributed by atoms with Crippen molar-refractivity contribution in [2.24, 2.45) is 5.41 Å². The normalized spacial score (nSPS) is 12.1. The van der Waals surface area contributed by atoms with Crippen LogP contribution >= 0.6 is 0 Å². The zero-order chi connectivity index (χ0) is 16.1. The van der Waals surface area contributed by atoms with Crippen molar-refractivity contribution in [3.63, 3.8) is 0 Å². The van der Waals surface area contributed by atoms with Crippen LogP contribution in [-0.4, -0.2) is 41.8 Å². The zero-order valence-corrected chi connectivity index (χ0v) is 13.8. The van der Waals surface area contributed by atoms with Crippen molar-refractivity contribution in [1.82, 2.24) is 10.2 Å². The number of hydrogen-bond donors (Lipinski definition) is 2. The molecule has 0 atom stereocenters. The van der Waals surface area contributed by atoms with Gasteiger partial charge in [0.15, 0.2) is 0 Å². The zero-order valence-electron chi connectivity index (χ0n) is 13.8. The molecule has 0 unspecified atom stereocenters. The largest absolute Gasteiger partial charge is 0.389 e. The van der Waals surface area contributed by atoms with E-state index in [9.17, 15) is 9.90 Å². The van der Waals surface area contributed by atoms with Gasteiger partial charge in [-0.25, -0.2) is 4.79 Å². The molecular weight excluding hydrogens is 264 g/mol. The average molecular weight is 292 g/mol. The Morgan fingerprint density at radius 2 is 1.76 bits per heavy atom. The maximum absolute atomic E-state index is 12.0. The van der Waals surface area contributed by atoms with Gasteiger partial charge in [-0.3, -0.25) is 0 Å². The molecule has 0 fully saturated rings. The van der Waals surface area contributed by atoms with Gasteiger partial charge in [-0.05, 0) is 31.2 Å². The van der Waals surface area contributed by atoms with Gasteiger partial charge in [0.2, 0.25) is 0 Å². The topological polar surface area (TPSA) is 52.6 Å². The van der Waals surface area contributed by atoms with E-state index in [1.54, 1.807) is 20.9 Å². The molecule has 1 rings (SSSR count). The summed E-state index contributed by atoms with van der Waals surface area (Å²) >= 11 is 0. The summed E-state index contributed by atoms with van der Waals surface area (Å²) in [6.07, 6.45) is 0.906. The molecule has 1 aromatic rings. The molecule has 4 nitrogen and oxygen atoms in total. The van der Waals surface area contributed by atoms with E-state index >= 15 is 0 Å². The van der Waals surface area contributed by atoms with Gasteiger partial charge in [-0.15, -0.1) is 0 Å². The number of nitrogens with one attached hydrogen (secondary N) is 1. The Morgan fingerprint density at radius 3 is 2.29 bits per heavy atom. The van der Waals surface area contributed by atoms with Gasteiger partial charge < -0.3 is 15.3 Å². The summed E-state index contributed by atoms with van der Waals surface area (Å²) in [5.41, 5.74) is 0.361. The van der Waals surface area contributed by atoms with E-state index in [0.717, 1.165) is 6.42 Å². The molecule has 0 heterocycles. The molecule has 0 aromatic heterocycles. The number of nitrogens with zero attached hydrogens (tertiary/aromatic N) is 1. The first-order chi connectivity index (χ1) is 9.59. The third-order valence-corrected chi connectivity index (χ3v) is 3.21. The minimum atomic E-state index is -0.883. The fraction of sp³-hybridized carbons (Fsp3) is 0.588. The smallest absolute Gasteiger partial charge is 0.317 e. The lowest BCUT2D eigenvalue weighted by atomic mass is 9.86. The van der Waals surface area contributed by atoms with Crippen LogP contribution in [0.2, 0.25) is 0 Å². The Morgan fingerprint density at radius 1 is 1.19 bits per heavy atom. The highest BCUT2D eigenvalue weighted by atomic mass is 16.3. The first-order valence-electron chi connectivity index (χ1n) is 7.34. The second-order valence-electron chi connectivity index (χ2n) is 7.15. The number of hydrogen-bond acceptors (Lipinski definition) is 2. The summed E-state index contributed by atoms with van der Waals surface area (Å²) in [6.45, 7) is 8.55. The van der Waals surface area contributed by atoms with Crippen LogP contribution in [0.1, 0.15) is 33.3 Å². The molecule has 0 aliphatic rings. The Labute approximate surface area is 128 Å². The number of rotatable bonds is 6. The summed E-state index contributed by atoms with van der Waals surface area (Å²) in [4.78, 5) is 13.5. The van der Waals surface area contributed by atoms with Crippen molar-refractivity contribution >= 4 is 6.03 Å². The Bertz CT molecular complexity index is 450. The van der Waals surface area contributed by atoms with E-state index in [0.29, 0.717) is 13.1 Å². The SMILES string of the molecule is CN(CC(C)(C)O)C(=O)NCC(C)(C)Cc1ccccc1. The van der Waals surface area contributed by atoms with Crippen LogP contribution < -0.4 is 5.32 Å². The third kappa shape index (κ3) is 7.14. The average Bonchev–Trinajstić information content (AvgIpc) is 2.34. The molecule has 1 aromatic carbocycles. The number of carbonyl (C=O) groups is 1. The van der Waals surface area contributed by atoms with Gasteiger partial charge in [0, 0.05) is 13.6 Å². The van der Waals surface area contributed by atoms with Crippen molar-refractivity contribution in [3.05, 3.63) is 35.9 Å². The number of likely N-dealkylation sites (N-methyl/N-ethyl adjacent to an activating group) is 1.